The second-order valence-electron chi connectivity index (χ2n) is 19.0. The fourth-order valence-corrected chi connectivity index (χ4v) is 10.6. The maximum absolute atomic E-state index is 13.9. The summed E-state index contributed by atoms with van der Waals surface area (Å²) in [6.45, 7) is 16.3. The van der Waals surface area contributed by atoms with Crippen LogP contribution in [0.5, 0.6) is 0 Å². The molecule has 0 saturated heterocycles. The van der Waals surface area contributed by atoms with Crippen LogP contribution in [0.2, 0.25) is 0 Å². The molecule has 18 nitrogen and oxygen atoms in total. The Morgan fingerprint density at radius 1 is 0.750 bits per heavy atom. The molecule has 0 radical (unpaired) electrons. The highest BCUT2D eigenvalue weighted by Crippen LogP contribution is 2.40. The minimum atomic E-state index is -0.137. The molecule has 6 aromatic heterocycles. The molecular weight excluding hydrogens is 931 g/mol. The topological polar surface area (TPSA) is 167 Å². The van der Waals surface area contributed by atoms with Crippen molar-refractivity contribution >= 4 is 50.7 Å². The van der Waals surface area contributed by atoms with Crippen LogP contribution in [0, 0.1) is 5.41 Å². The highest BCUT2D eigenvalue weighted by Gasteiger charge is 2.37. The zero-order valence-electron chi connectivity index (χ0n) is 40.1. The highest BCUT2D eigenvalue weighted by atomic mass is 79.9. The number of fused-ring (bicyclic) bond motifs is 5. The van der Waals surface area contributed by atoms with Crippen molar-refractivity contribution in [1.29, 1.82) is 0 Å². The number of carbonyl (C=O) groups excluding carboxylic acids is 1. The Bertz CT molecular complexity index is 2960. The minimum Gasteiger partial charge on any atom is -0.383 e. The minimum absolute atomic E-state index is 0.000147. The number of rotatable bonds is 13. The molecule has 0 spiro atoms. The molecule has 1 amide bonds. The third-order valence-corrected chi connectivity index (χ3v) is 13.8. The molecular formula is C49H62BrN13O5. The van der Waals surface area contributed by atoms with E-state index in [1.807, 2.05) is 44.7 Å². The quantitative estimate of drug-likeness (QED) is 0.149. The van der Waals surface area contributed by atoms with Gasteiger partial charge in [0.25, 0.3) is 17.0 Å². The number of aryl methyl sites for hydroxylation is 2. The Morgan fingerprint density at radius 3 is 1.96 bits per heavy atom. The summed E-state index contributed by atoms with van der Waals surface area (Å²) in [5, 5.41) is 15.7. The zero-order valence-corrected chi connectivity index (χ0v) is 41.7. The monoisotopic (exact) mass is 991 g/mol. The third-order valence-electron chi connectivity index (χ3n) is 13.4. The van der Waals surface area contributed by atoms with Crippen molar-refractivity contribution in [2.24, 2.45) is 19.5 Å². The molecule has 9 heterocycles. The number of hydrogen-bond acceptors (Lipinski definition) is 12. The number of hydrogen-bond donors (Lipinski definition) is 2. The van der Waals surface area contributed by atoms with Gasteiger partial charge in [-0.3, -0.25) is 38.4 Å². The van der Waals surface area contributed by atoms with E-state index in [1.165, 1.54) is 15.8 Å². The Kier molecular flexibility index (Phi) is 13.6. The highest BCUT2D eigenvalue weighted by molar-refractivity contribution is 9.10. The SMILES string of the molecule is CCc1c(-c2cc(Nc3cc4n(n3)CCN(CCOC)C4)c(=O)n(C)c2)ccnc1N1CCn2c(cc3c2CC(C)(C)C3)C1=O.COCCN1CCn2nc(Nc3cc(Br)cn(C)c3=O)cc2C1. The van der Waals surface area contributed by atoms with Crippen molar-refractivity contribution in [2.45, 2.75) is 72.8 Å². The second kappa shape index (κ2) is 19.6. The van der Waals surface area contributed by atoms with Gasteiger partial charge in [-0.15, -0.1) is 0 Å². The van der Waals surface area contributed by atoms with Gasteiger partial charge in [0.15, 0.2) is 11.6 Å². The molecule has 19 heteroatoms. The number of anilines is 5. The van der Waals surface area contributed by atoms with Gasteiger partial charge in [-0.25, -0.2) is 4.98 Å². The van der Waals surface area contributed by atoms with Gasteiger partial charge in [0.1, 0.15) is 22.9 Å². The van der Waals surface area contributed by atoms with E-state index in [0.29, 0.717) is 48.4 Å². The first-order chi connectivity index (χ1) is 32.7. The number of amides is 1. The van der Waals surface area contributed by atoms with E-state index in [9.17, 15) is 14.4 Å². The van der Waals surface area contributed by atoms with Crippen molar-refractivity contribution in [3.63, 3.8) is 0 Å². The van der Waals surface area contributed by atoms with Crippen molar-refractivity contribution < 1.29 is 14.3 Å². The standard InChI is InChI=1S/C34H42N8O3.C15H20BrN5O2/c1-6-25-26(7-8-35-31(25)41-11-10-40-28(33(41)44)16-22-18-34(2,3)19-29(22)40)23-15-27(32(43)38(4)20-23)36-30-17-24-21-39(13-14-45-5)9-12-42(24)37-30;1-19-9-11(16)7-13(15(19)22)17-14-8-12-10-20(5-6-23-2)3-4-21(12)18-14/h7-8,15-17,20H,6,9-14,18-19,21H2,1-5H3,(H,36,37);7-9H,3-6,10H2,1-2H3,(H,17,18). The molecule has 0 fully saturated rings. The average Bonchev–Trinajstić information content (AvgIpc) is 4.08. The molecule has 360 valence electrons. The maximum atomic E-state index is 13.9. The van der Waals surface area contributed by atoms with E-state index in [4.69, 9.17) is 19.6 Å². The van der Waals surface area contributed by atoms with E-state index in [1.54, 1.807) is 51.3 Å². The van der Waals surface area contributed by atoms with Crippen molar-refractivity contribution in [1.82, 2.24) is 48.0 Å². The lowest BCUT2D eigenvalue weighted by atomic mass is 9.90. The van der Waals surface area contributed by atoms with Crippen LogP contribution in [0.1, 0.15) is 59.5 Å². The van der Waals surface area contributed by atoms with E-state index in [-0.39, 0.29) is 22.4 Å². The van der Waals surface area contributed by atoms with Crippen LogP contribution in [0.25, 0.3) is 11.1 Å². The molecule has 2 N–H and O–H groups in total. The maximum Gasteiger partial charge on any atom is 0.276 e. The number of nitrogens with zero attached hydrogens (tertiary/aromatic N) is 11. The first-order valence-corrected chi connectivity index (χ1v) is 24.2. The van der Waals surface area contributed by atoms with Crippen molar-refractivity contribution in [3.8, 4) is 11.1 Å². The smallest absolute Gasteiger partial charge is 0.276 e. The molecule has 0 atom stereocenters. The Hall–Kier alpha value is -5.86. The van der Waals surface area contributed by atoms with E-state index >= 15 is 0 Å². The Morgan fingerprint density at radius 2 is 1.35 bits per heavy atom. The third kappa shape index (κ3) is 9.72. The van der Waals surface area contributed by atoms with Gasteiger partial charge in [0, 0.05) is 133 Å². The van der Waals surface area contributed by atoms with Crippen molar-refractivity contribution in [3.05, 3.63) is 114 Å². The first-order valence-electron chi connectivity index (χ1n) is 23.4. The number of halogens is 1. The number of carbonyl (C=O) groups is 1. The predicted octanol–water partition coefficient (Wildman–Crippen LogP) is 5.55. The summed E-state index contributed by atoms with van der Waals surface area (Å²) in [7, 11) is 6.93. The van der Waals surface area contributed by atoms with Crippen molar-refractivity contribution in [2.75, 3.05) is 75.7 Å². The summed E-state index contributed by atoms with van der Waals surface area (Å²) in [6, 6.07) is 11.7. The number of aromatic nitrogens is 8. The summed E-state index contributed by atoms with van der Waals surface area (Å²) in [4.78, 5) is 50.6. The molecule has 1 aliphatic carbocycles. The number of methoxy groups -OCH3 is 2. The second-order valence-corrected chi connectivity index (χ2v) is 19.9. The van der Waals surface area contributed by atoms with Crippen LogP contribution in [0.4, 0.5) is 28.8 Å². The largest absolute Gasteiger partial charge is 0.383 e. The molecule has 6 aromatic rings. The van der Waals surface area contributed by atoms with Gasteiger partial charge in [-0.05, 0) is 76.0 Å². The van der Waals surface area contributed by atoms with Crippen LogP contribution in [0.3, 0.4) is 0 Å². The summed E-state index contributed by atoms with van der Waals surface area (Å²) in [5.74, 6) is 2.04. The van der Waals surface area contributed by atoms with Crippen LogP contribution >= 0.6 is 15.9 Å². The molecule has 3 aliphatic heterocycles. The van der Waals surface area contributed by atoms with Crippen LogP contribution in [-0.4, -0.2) is 114 Å². The Balaban J connectivity index is 0.000000211. The fraction of sp³-hybridized carbons (Fsp3) is 0.469. The van der Waals surface area contributed by atoms with Gasteiger partial charge in [-0.1, -0.05) is 20.8 Å². The lowest BCUT2D eigenvalue weighted by Gasteiger charge is -2.31. The summed E-state index contributed by atoms with van der Waals surface area (Å²) in [6.07, 6.45) is 8.05. The Labute approximate surface area is 404 Å². The molecule has 4 aliphatic rings. The van der Waals surface area contributed by atoms with Gasteiger partial charge in [0.05, 0.1) is 37.7 Å². The number of ether oxygens (including phenoxy) is 2. The lowest BCUT2D eigenvalue weighted by Crippen LogP contribution is -2.41. The van der Waals surface area contributed by atoms with Crippen LogP contribution in [0.15, 0.2) is 69.1 Å². The molecule has 68 heavy (non-hydrogen) atoms. The summed E-state index contributed by atoms with van der Waals surface area (Å²) < 4.78 is 20.6. The molecule has 0 unspecified atom stereocenters. The fourth-order valence-electron chi connectivity index (χ4n) is 10.0. The normalized spacial score (nSPS) is 16.5. The zero-order chi connectivity index (χ0) is 47.9. The van der Waals surface area contributed by atoms with E-state index < -0.39 is 0 Å². The molecule has 0 saturated carbocycles. The van der Waals surface area contributed by atoms with E-state index in [2.05, 4.69) is 72.9 Å². The average molecular weight is 993 g/mol. The van der Waals surface area contributed by atoms with Gasteiger partial charge in [0.2, 0.25) is 0 Å². The van der Waals surface area contributed by atoms with Gasteiger partial charge in [-0.2, -0.15) is 10.2 Å². The lowest BCUT2D eigenvalue weighted by molar-refractivity contribution is 0.0963. The predicted molar refractivity (Wildman–Crippen MR) is 266 cm³/mol. The summed E-state index contributed by atoms with van der Waals surface area (Å²) >= 11 is 3.41. The molecule has 10 rings (SSSR count). The van der Waals surface area contributed by atoms with Crippen LogP contribution < -0.4 is 26.7 Å². The first kappa shape index (κ1) is 47.2. The number of nitrogens with one attached hydrogen (secondary N) is 2. The molecule has 0 bridgehead atoms. The van der Waals surface area contributed by atoms with Crippen LogP contribution in [-0.2, 0) is 75.6 Å². The number of pyridine rings is 3. The van der Waals surface area contributed by atoms with E-state index in [0.717, 1.165) is 117 Å². The van der Waals surface area contributed by atoms with Gasteiger partial charge < -0.3 is 33.8 Å². The molecule has 0 aromatic carbocycles. The van der Waals surface area contributed by atoms with Gasteiger partial charge >= 0.3 is 0 Å². The summed E-state index contributed by atoms with van der Waals surface area (Å²) in [5.41, 5.74) is 9.41.